The van der Waals surface area contributed by atoms with E-state index in [1.807, 2.05) is 19.1 Å². The Morgan fingerprint density at radius 1 is 1.39 bits per heavy atom. The minimum Gasteiger partial charge on any atom is -0.481 e. The molecule has 0 fully saturated rings. The molecule has 0 saturated heterocycles. The van der Waals surface area contributed by atoms with E-state index in [0.29, 0.717) is 5.69 Å². The number of aryl methyl sites for hydroxylation is 1. The summed E-state index contributed by atoms with van der Waals surface area (Å²) in [5, 5.41) is 11.5. The SMILES string of the molecule is Cc1cc(Br)ccc1NC(=O)C(C)(C)CC(=O)O. The third-order valence-electron chi connectivity index (χ3n) is 2.64. The molecular weight excluding hydrogens is 298 g/mol. The summed E-state index contributed by atoms with van der Waals surface area (Å²) < 4.78 is 0.933. The van der Waals surface area contributed by atoms with Gasteiger partial charge in [-0.3, -0.25) is 9.59 Å². The van der Waals surface area contributed by atoms with Crippen molar-refractivity contribution in [3.05, 3.63) is 28.2 Å². The fourth-order valence-corrected chi connectivity index (χ4v) is 1.99. The van der Waals surface area contributed by atoms with E-state index in [4.69, 9.17) is 5.11 Å². The lowest BCUT2D eigenvalue weighted by atomic mass is 9.88. The summed E-state index contributed by atoms with van der Waals surface area (Å²) in [6.07, 6.45) is -0.200. The maximum Gasteiger partial charge on any atom is 0.304 e. The molecule has 0 aliphatic carbocycles. The highest BCUT2D eigenvalue weighted by atomic mass is 79.9. The van der Waals surface area contributed by atoms with Gasteiger partial charge in [0.1, 0.15) is 0 Å². The molecule has 1 rings (SSSR count). The Morgan fingerprint density at radius 3 is 2.50 bits per heavy atom. The standard InChI is InChI=1S/C13H16BrNO3/c1-8-6-9(14)4-5-10(8)15-12(18)13(2,3)7-11(16)17/h4-6H,7H2,1-3H3,(H,15,18)(H,16,17). The van der Waals surface area contributed by atoms with Crippen LogP contribution in [0.25, 0.3) is 0 Å². The molecule has 0 radical (unpaired) electrons. The van der Waals surface area contributed by atoms with Crippen molar-refractivity contribution < 1.29 is 14.7 Å². The van der Waals surface area contributed by atoms with E-state index in [2.05, 4.69) is 21.2 Å². The minimum atomic E-state index is -0.984. The molecule has 0 aliphatic heterocycles. The molecule has 0 spiro atoms. The number of benzene rings is 1. The van der Waals surface area contributed by atoms with Crippen LogP contribution in [-0.4, -0.2) is 17.0 Å². The molecular formula is C13H16BrNO3. The molecule has 4 nitrogen and oxygen atoms in total. The summed E-state index contributed by atoms with van der Waals surface area (Å²) in [4.78, 5) is 22.7. The Balaban J connectivity index is 2.84. The molecule has 0 saturated carbocycles. The first-order valence-corrected chi connectivity index (χ1v) is 6.31. The fraction of sp³-hybridized carbons (Fsp3) is 0.385. The van der Waals surface area contributed by atoms with Crippen LogP contribution in [0.1, 0.15) is 25.8 Å². The van der Waals surface area contributed by atoms with Crippen LogP contribution in [0, 0.1) is 12.3 Å². The quantitative estimate of drug-likeness (QED) is 0.897. The molecule has 1 aromatic carbocycles. The Hall–Kier alpha value is -1.36. The summed E-state index contributed by atoms with van der Waals surface area (Å²) in [6, 6.07) is 5.50. The van der Waals surface area contributed by atoms with Gasteiger partial charge in [-0.05, 0) is 30.7 Å². The number of carbonyl (C=O) groups is 2. The molecule has 1 amide bonds. The van der Waals surface area contributed by atoms with Crippen molar-refractivity contribution in [3.8, 4) is 0 Å². The number of nitrogens with one attached hydrogen (secondary N) is 1. The van der Waals surface area contributed by atoms with Crippen molar-refractivity contribution >= 4 is 33.5 Å². The molecule has 0 heterocycles. The molecule has 0 bridgehead atoms. The van der Waals surface area contributed by atoms with Crippen molar-refractivity contribution in [1.29, 1.82) is 0 Å². The first-order valence-electron chi connectivity index (χ1n) is 5.52. The lowest BCUT2D eigenvalue weighted by molar-refractivity contribution is -0.142. The van der Waals surface area contributed by atoms with Crippen LogP contribution in [0.15, 0.2) is 22.7 Å². The molecule has 2 N–H and O–H groups in total. The van der Waals surface area contributed by atoms with Gasteiger partial charge in [0.2, 0.25) is 5.91 Å². The zero-order valence-corrected chi connectivity index (χ0v) is 12.2. The van der Waals surface area contributed by atoms with Crippen LogP contribution in [-0.2, 0) is 9.59 Å². The second-order valence-corrected chi connectivity index (χ2v) is 5.78. The summed E-state index contributed by atoms with van der Waals surface area (Å²) in [6.45, 7) is 5.11. The topological polar surface area (TPSA) is 66.4 Å². The first kappa shape index (κ1) is 14.7. The number of carbonyl (C=O) groups excluding carboxylic acids is 1. The van der Waals surface area contributed by atoms with Crippen LogP contribution in [0.5, 0.6) is 0 Å². The molecule has 0 atom stereocenters. The Morgan fingerprint density at radius 2 is 2.00 bits per heavy atom. The molecule has 98 valence electrons. The second kappa shape index (κ2) is 5.52. The van der Waals surface area contributed by atoms with Crippen LogP contribution >= 0.6 is 15.9 Å². The minimum absolute atomic E-state index is 0.200. The van der Waals surface area contributed by atoms with Crippen molar-refractivity contribution in [2.24, 2.45) is 5.41 Å². The summed E-state index contributed by atoms with van der Waals surface area (Å²) in [5.41, 5.74) is 0.677. The summed E-state index contributed by atoms with van der Waals surface area (Å²) >= 11 is 3.34. The fourth-order valence-electron chi connectivity index (χ4n) is 1.52. The van der Waals surface area contributed by atoms with E-state index in [0.717, 1.165) is 10.0 Å². The highest BCUT2D eigenvalue weighted by molar-refractivity contribution is 9.10. The number of amides is 1. The van der Waals surface area contributed by atoms with Gasteiger partial charge in [0.25, 0.3) is 0 Å². The predicted molar refractivity (Wildman–Crippen MR) is 73.5 cm³/mol. The van der Waals surface area contributed by atoms with E-state index in [1.165, 1.54) is 0 Å². The normalized spacial score (nSPS) is 11.1. The smallest absolute Gasteiger partial charge is 0.304 e. The number of halogens is 1. The summed E-state index contributed by atoms with van der Waals surface area (Å²) in [7, 11) is 0. The number of rotatable bonds is 4. The average Bonchev–Trinajstić information content (AvgIpc) is 2.20. The van der Waals surface area contributed by atoms with Gasteiger partial charge in [0, 0.05) is 10.2 Å². The van der Waals surface area contributed by atoms with Gasteiger partial charge in [-0.2, -0.15) is 0 Å². The van der Waals surface area contributed by atoms with Crippen molar-refractivity contribution in [3.63, 3.8) is 0 Å². The van der Waals surface area contributed by atoms with Gasteiger partial charge in [-0.25, -0.2) is 0 Å². The van der Waals surface area contributed by atoms with Crippen LogP contribution in [0.2, 0.25) is 0 Å². The molecule has 5 heteroatoms. The summed E-state index contributed by atoms with van der Waals surface area (Å²) in [5.74, 6) is -1.28. The van der Waals surface area contributed by atoms with Crippen LogP contribution in [0.3, 0.4) is 0 Å². The maximum absolute atomic E-state index is 12.0. The molecule has 0 aliphatic rings. The van der Waals surface area contributed by atoms with Crippen LogP contribution in [0.4, 0.5) is 5.69 Å². The number of aliphatic carboxylic acids is 1. The number of anilines is 1. The highest BCUT2D eigenvalue weighted by Gasteiger charge is 2.30. The maximum atomic E-state index is 12.0. The van der Waals surface area contributed by atoms with E-state index >= 15 is 0 Å². The monoisotopic (exact) mass is 313 g/mol. The Bertz CT molecular complexity index is 483. The number of carboxylic acid groups (broad SMARTS) is 1. The zero-order chi connectivity index (χ0) is 13.9. The lowest BCUT2D eigenvalue weighted by Gasteiger charge is -2.22. The Labute approximate surface area is 115 Å². The molecule has 18 heavy (non-hydrogen) atoms. The largest absolute Gasteiger partial charge is 0.481 e. The van der Waals surface area contributed by atoms with Crippen molar-refractivity contribution in [2.75, 3.05) is 5.32 Å². The van der Waals surface area contributed by atoms with E-state index in [-0.39, 0.29) is 12.3 Å². The Kier molecular flexibility index (Phi) is 4.51. The average molecular weight is 314 g/mol. The molecule has 1 aromatic rings. The lowest BCUT2D eigenvalue weighted by Crippen LogP contribution is -2.33. The van der Waals surface area contributed by atoms with Crippen LogP contribution < -0.4 is 5.32 Å². The third-order valence-corrected chi connectivity index (χ3v) is 3.14. The number of hydrogen-bond acceptors (Lipinski definition) is 2. The zero-order valence-electron chi connectivity index (χ0n) is 10.6. The van der Waals surface area contributed by atoms with Gasteiger partial charge in [0.15, 0.2) is 0 Å². The van der Waals surface area contributed by atoms with Gasteiger partial charge >= 0.3 is 5.97 Å². The number of carboxylic acids is 1. The van der Waals surface area contributed by atoms with Crippen molar-refractivity contribution in [1.82, 2.24) is 0 Å². The van der Waals surface area contributed by atoms with E-state index in [1.54, 1.807) is 19.9 Å². The number of hydrogen-bond donors (Lipinski definition) is 2. The van der Waals surface area contributed by atoms with Gasteiger partial charge in [-0.1, -0.05) is 29.8 Å². The van der Waals surface area contributed by atoms with Crippen molar-refractivity contribution in [2.45, 2.75) is 27.2 Å². The molecule has 0 aromatic heterocycles. The van der Waals surface area contributed by atoms with Gasteiger partial charge < -0.3 is 10.4 Å². The van der Waals surface area contributed by atoms with E-state index in [9.17, 15) is 9.59 Å². The third kappa shape index (κ3) is 3.84. The second-order valence-electron chi connectivity index (χ2n) is 4.87. The molecule has 0 unspecified atom stereocenters. The van der Waals surface area contributed by atoms with Gasteiger partial charge in [0.05, 0.1) is 11.8 Å². The first-order chi connectivity index (χ1) is 8.22. The van der Waals surface area contributed by atoms with E-state index < -0.39 is 11.4 Å². The highest BCUT2D eigenvalue weighted by Crippen LogP contribution is 2.25. The van der Waals surface area contributed by atoms with Gasteiger partial charge in [-0.15, -0.1) is 0 Å². The predicted octanol–water partition coefficient (Wildman–Crippen LogP) is 3.20.